The van der Waals surface area contributed by atoms with Gasteiger partial charge >= 0.3 is 0 Å². The molecule has 3 N–H and O–H groups in total. The van der Waals surface area contributed by atoms with Gasteiger partial charge in [-0.3, -0.25) is 0 Å². The standard InChI is InChI=1S/C17H23N3O4.HI/c1-4-18-17(20-11-13-6-5-7-24-13)19-10-12-8-14(22-2)16(21)15(9-12)23-3;/h5-9,21H,4,10-11H2,1-3H3,(H2,18,19,20);1H. The lowest BCUT2D eigenvalue weighted by Gasteiger charge is -2.12. The van der Waals surface area contributed by atoms with Crippen LogP contribution in [0.3, 0.4) is 0 Å². The minimum Gasteiger partial charge on any atom is -0.502 e. The largest absolute Gasteiger partial charge is 0.502 e. The second-order valence-corrected chi connectivity index (χ2v) is 4.98. The van der Waals surface area contributed by atoms with Crippen LogP contribution in [0.4, 0.5) is 0 Å². The molecule has 0 fully saturated rings. The van der Waals surface area contributed by atoms with Gasteiger partial charge in [0.25, 0.3) is 0 Å². The van der Waals surface area contributed by atoms with Crippen LogP contribution in [0, 0.1) is 0 Å². The molecule has 25 heavy (non-hydrogen) atoms. The summed E-state index contributed by atoms with van der Waals surface area (Å²) in [7, 11) is 2.99. The molecule has 0 amide bonds. The smallest absolute Gasteiger partial charge is 0.200 e. The van der Waals surface area contributed by atoms with Crippen LogP contribution in [-0.4, -0.2) is 31.8 Å². The lowest BCUT2D eigenvalue weighted by Crippen LogP contribution is -2.36. The Morgan fingerprint density at radius 1 is 1.20 bits per heavy atom. The summed E-state index contributed by atoms with van der Waals surface area (Å²) in [6.45, 7) is 3.68. The van der Waals surface area contributed by atoms with Gasteiger partial charge in [0.15, 0.2) is 17.5 Å². The Hall–Kier alpha value is -2.10. The van der Waals surface area contributed by atoms with Gasteiger partial charge in [-0.05, 0) is 36.8 Å². The van der Waals surface area contributed by atoms with Crippen LogP contribution < -0.4 is 20.1 Å². The van der Waals surface area contributed by atoms with Gasteiger partial charge in [0.1, 0.15) is 5.76 Å². The van der Waals surface area contributed by atoms with Crippen molar-refractivity contribution in [1.82, 2.24) is 10.6 Å². The number of halogens is 1. The molecule has 138 valence electrons. The maximum Gasteiger partial charge on any atom is 0.200 e. The van der Waals surface area contributed by atoms with Crippen molar-refractivity contribution >= 4 is 29.9 Å². The van der Waals surface area contributed by atoms with E-state index in [0.29, 0.717) is 30.5 Å². The summed E-state index contributed by atoms with van der Waals surface area (Å²) < 4.78 is 15.6. The molecule has 1 heterocycles. The van der Waals surface area contributed by atoms with Crippen molar-refractivity contribution in [1.29, 1.82) is 0 Å². The number of hydrogen-bond donors (Lipinski definition) is 3. The molecule has 0 unspecified atom stereocenters. The Morgan fingerprint density at radius 2 is 1.88 bits per heavy atom. The van der Waals surface area contributed by atoms with E-state index in [0.717, 1.165) is 17.9 Å². The van der Waals surface area contributed by atoms with E-state index in [-0.39, 0.29) is 29.7 Å². The number of phenols is 1. The monoisotopic (exact) mass is 461 g/mol. The third kappa shape index (κ3) is 6.04. The van der Waals surface area contributed by atoms with Crippen molar-refractivity contribution in [3.63, 3.8) is 0 Å². The van der Waals surface area contributed by atoms with E-state index in [4.69, 9.17) is 13.9 Å². The van der Waals surface area contributed by atoms with E-state index in [1.165, 1.54) is 14.2 Å². The lowest BCUT2D eigenvalue weighted by molar-refractivity contribution is 0.339. The molecule has 7 nitrogen and oxygen atoms in total. The second-order valence-electron chi connectivity index (χ2n) is 4.98. The van der Waals surface area contributed by atoms with E-state index >= 15 is 0 Å². The number of aliphatic imine (C=N–C) groups is 1. The fourth-order valence-electron chi connectivity index (χ4n) is 2.14. The number of guanidine groups is 1. The summed E-state index contributed by atoms with van der Waals surface area (Å²) in [5.41, 5.74) is 0.858. The normalized spacial score (nSPS) is 10.8. The summed E-state index contributed by atoms with van der Waals surface area (Å²) >= 11 is 0. The summed E-state index contributed by atoms with van der Waals surface area (Å²) in [4.78, 5) is 4.52. The van der Waals surface area contributed by atoms with Crippen LogP contribution in [0.2, 0.25) is 0 Å². The van der Waals surface area contributed by atoms with E-state index < -0.39 is 0 Å². The quantitative estimate of drug-likeness (QED) is 0.334. The number of aromatic hydroxyl groups is 1. The molecule has 0 saturated carbocycles. The third-order valence-electron chi connectivity index (χ3n) is 3.31. The first-order chi connectivity index (χ1) is 11.7. The van der Waals surface area contributed by atoms with Crippen molar-refractivity contribution in [2.75, 3.05) is 20.8 Å². The lowest BCUT2D eigenvalue weighted by atomic mass is 10.2. The van der Waals surface area contributed by atoms with E-state index in [1.54, 1.807) is 18.4 Å². The van der Waals surface area contributed by atoms with Gasteiger partial charge in [-0.1, -0.05) is 0 Å². The van der Waals surface area contributed by atoms with Gasteiger partial charge < -0.3 is 29.6 Å². The molecule has 1 aromatic carbocycles. The fraction of sp³-hybridized carbons (Fsp3) is 0.353. The molecular weight excluding hydrogens is 437 g/mol. The van der Waals surface area contributed by atoms with Crippen LogP contribution in [0.25, 0.3) is 0 Å². The number of nitrogens with zero attached hydrogens (tertiary/aromatic N) is 1. The molecule has 0 atom stereocenters. The molecule has 0 aliphatic rings. The molecule has 0 radical (unpaired) electrons. The van der Waals surface area contributed by atoms with Crippen molar-refractivity contribution < 1.29 is 19.0 Å². The highest BCUT2D eigenvalue weighted by Gasteiger charge is 2.11. The average Bonchev–Trinajstić information content (AvgIpc) is 3.11. The zero-order valence-corrected chi connectivity index (χ0v) is 16.9. The highest BCUT2D eigenvalue weighted by molar-refractivity contribution is 14.0. The Morgan fingerprint density at radius 3 is 2.40 bits per heavy atom. The number of benzene rings is 1. The van der Waals surface area contributed by atoms with E-state index in [2.05, 4.69) is 15.6 Å². The molecular formula is C17H24IN3O4. The van der Waals surface area contributed by atoms with Gasteiger partial charge in [-0.2, -0.15) is 0 Å². The Bertz CT molecular complexity index is 650. The predicted octanol–water partition coefficient (Wildman–Crippen LogP) is 2.88. The maximum absolute atomic E-state index is 9.94. The molecule has 0 bridgehead atoms. The molecule has 2 aromatic rings. The maximum atomic E-state index is 9.94. The molecule has 2 rings (SSSR count). The second kappa shape index (κ2) is 10.7. The first kappa shape index (κ1) is 20.9. The third-order valence-corrected chi connectivity index (χ3v) is 3.31. The molecule has 0 saturated heterocycles. The topological polar surface area (TPSA) is 88.3 Å². The van der Waals surface area contributed by atoms with Gasteiger partial charge in [0, 0.05) is 6.54 Å². The number of methoxy groups -OCH3 is 2. The highest BCUT2D eigenvalue weighted by Crippen LogP contribution is 2.37. The van der Waals surface area contributed by atoms with Crippen LogP contribution in [0.5, 0.6) is 17.2 Å². The summed E-state index contributed by atoms with van der Waals surface area (Å²) in [6.07, 6.45) is 1.63. The fourth-order valence-corrected chi connectivity index (χ4v) is 2.14. The first-order valence-electron chi connectivity index (χ1n) is 7.66. The van der Waals surface area contributed by atoms with Gasteiger partial charge in [-0.15, -0.1) is 24.0 Å². The van der Waals surface area contributed by atoms with E-state index in [1.807, 2.05) is 19.1 Å². The molecule has 1 aromatic heterocycles. The molecule has 0 spiro atoms. The first-order valence-corrected chi connectivity index (χ1v) is 7.66. The average molecular weight is 461 g/mol. The van der Waals surface area contributed by atoms with Crippen LogP contribution in [-0.2, 0) is 13.1 Å². The van der Waals surface area contributed by atoms with Gasteiger partial charge in [0.2, 0.25) is 5.75 Å². The highest BCUT2D eigenvalue weighted by atomic mass is 127. The SMILES string of the molecule is CCNC(=NCc1cc(OC)c(O)c(OC)c1)NCc1ccco1.I. The molecule has 0 aliphatic heterocycles. The van der Waals surface area contributed by atoms with Crippen molar-refractivity contribution in [2.45, 2.75) is 20.0 Å². The Labute approximate surface area is 164 Å². The number of hydrogen-bond acceptors (Lipinski definition) is 5. The van der Waals surface area contributed by atoms with Gasteiger partial charge in [0.05, 0.1) is 33.6 Å². The van der Waals surface area contributed by atoms with E-state index in [9.17, 15) is 5.11 Å². The zero-order chi connectivity index (χ0) is 17.4. The minimum atomic E-state index is -0.0180. The minimum absolute atomic E-state index is 0. The summed E-state index contributed by atoms with van der Waals surface area (Å²) in [6, 6.07) is 7.21. The number of nitrogens with one attached hydrogen (secondary N) is 2. The molecule has 0 aliphatic carbocycles. The zero-order valence-electron chi connectivity index (χ0n) is 14.5. The Kier molecular flexibility index (Phi) is 8.96. The van der Waals surface area contributed by atoms with Gasteiger partial charge in [-0.25, -0.2) is 4.99 Å². The van der Waals surface area contributed by atoms with Crippen molar-refractivity contribution in [3.05, 3.63) is 41.9 Å². The van der Waals surface area contributed by atoms with Crippen LogP contribution >= 0.6 is 24.0 Å². The summed E-state index contributed by atoms with van der Waals surface area (Å²) in [5, 5.41) is 16.3. The number of rotatable bonds is 7. The number of ether oxygens (including phenoxy) is 2. The van der Waals surface area contributed by atoms with Crippen molar-refractivity contribution in [3.8, 4) is 17.2 Å². The number of furan rings is 1. The predicted molar refractivity (Wildman–Crippen MR) is 107 cm³/mol. The van der Waals surface area contributed by atoms with Crippen LogP contribution in [0.15, 0.2) is 39.9 Å². The number of phenolic OH excluding ortho intramolecular Hbond substituents is 1. The molecule has 8 heteroatoms. The summed E-state index contributed by atoms with van der Waals surface area (Å²) in [5.74, 6) is 2.19. The van der Waals surface area contributed by atoms with Crippen molar-refractivity contribution in [2.24, 2.45) is 4.99 Å². The van der Waals surface area contributed by atoms with Crippen LogP contribution in [0.1, 0.15) is 18.2 Å². The Balaban J connectivity index is 0.00000312.